The van der Waals surface area contributed by atoms with Gasteiger partial charge in [-0.25, -0.2) is 0 Å². The van der Waals surface area contributed by atoms with E-state index in [0.29, 0.717) is 0 Å². The highest BCUT2D eigenvalue weighted by molar-refractivity contribution is 7.80. The van der Waals surface area contributed by atoms with Crippen LogP contribution in [0.1, 0.15) is 33.1 Å². The van der Waals surface area contributed by atoms with Gasteiger partial charge in [0.15, 0.2) is 5.11 Å². The van der Waals surface area contributed by atoms with Gasteiger partial charge in [-0.15, -0.1) is 0 Å². The second kappa shape index (κ2) is 4.66. The van der Waals surface area contributed by atoms with E-state index in [4.69, 9.17) is 12.2 Å². The van der Waals surface area contributed by atoms with Gasteiger partial charge in [-0.3, -0.25) is 4.90 Å². The third-order valence-corrected chi connectivity index (χ3v) is 4.31. The summed E-state index contributed by atoms with van der Waals surface area (Å²) in [6, 6.07) is 0.719. The molecule has 4 heteroatoms. The van der Waals surface area contributed by atoms with E-state index in [2.05, 4.69) is 29.4 Å². The summed E-state index contributed by atoms with van der Waals surface area (Å²) in [5, 5.41) is 7.22. The van der Waals surface area contributed by atoms with Crippen molar-refractivity contribution in [2.75, 3.05) is 13.3 Å². The average Bonchev–Trinajstić information content (AvgIpc) is 2.24. The quantitative estimate of drug-likeness (QED) is 0.664. The first-order chi connectivity index (χ1) is 7.18. The predicted molar refractivity (Wildman–Crippen MR) is 66.4 cm³/mol. The highest BCUT2D eigenvalue weighted by Crippen LogP contribution is 2.32. The topological polar surface area (TPSA) is 27.3 Å². The monoisotopic (exact) mass is 227 g/mol. The number of hydrogen-bond donors (Lipinski definition) is 2. The lowest BCUT2D eigenvalue weighted by molar-refractivity contribution is 0.0696. The van der Waals surface area contributed by atoms with Crippen LogP contribution >= 0.6 is 12.2 Å². The van der Waals surface area contributed by atoms with Crippen molar-refractivity contribution < 1.29 is 0 Å². The van der Waals surface area contributed by atoms with Crippen molar-refractivity contribution in [2.24, 2.45) is 11.8 Å². The molecule has 15 heavy (non-hydrogen) atoms. The normalized spacial score (nSPS) is 38.3. The number of nitrogens with zero attached hydrogens (tertiary/aromatic N) is 1. The summed E-state index contributed by atoms with van der Waals surface area (Å²) < 4.78 is 0. The molecule has 2 N–H and O–H groups in total. The molecule has 1 saturated heterocycles. The highest BCUT2D eigenvalue weighted by Gasteiger charge is 2.32. The van der Waals surface area contributed by atoms with Crippen LogP contribution in [-0.4, -0.2) is 29.4 Å². The molecule has 0 radical (unpaired) electrons. The Kier molecular flexibility index (Phi) is 3.46. The number of nitrogens with one attached hydrogen (secondary N) is 2. The van der Waals surface area contributed by atoms with Crippen molar-refractivity contribution in [3.05, 3.63) is 0 Å². The van der Waals surface area contributed by atoms with Crippen LogP contribution in [0, 0.1) is 11.8 Å². The highest BCUT2D eigenvalue weighted by atomic mass is 32.1. The van der Waals surface area contributed by atoms with Crippen molar-refractivity contribution in [1.82, 2.24) is 15.5 Å². The minimum Gasteiger partial charge on any atom is -0.350 e. The smallest absolute Gasteiger partial charge is 0.168 e. The minimum absolute atomic E-state index is 0.719. The lowest BCUT2D eigenvalue weighted by atomic mass is 9.77. The lowest BCUT2D eigenvalue weighted by Crippen LogP contribution is -2.59. The van der Waals surface area contributed by atoms with Crippen LogP contribution in [-0.2, 0) is 0 Å². The maximum absolute atomic E-state index is 5.06. The zero-order valence-electron chi connectivity index (χ0n) is 9.62. The SMILES string of the molecule is C[C@H]1[C@H](C)CCC[C@@H]1N1CNC(=S)NC1. The molecule has 2 aliphatic rings. The van der Waals surface area contributed by atoms with Crippen LogP contribution in [0.4, 0.5) is 0 Å². The Morgan fingerprint density at radius 2 is 1.87 bits per heavy atom. The Morgan fingerprint density at radius 3 is 2.53 bits per heavy atom. The van der Waals surface area contributed by atoms with Crippen molar-refractivity contribution in [1.29, 1.82) is 0 Å². The summed E-state index contributed by atoms with van der Waals surface area (Å²) in [6.07, 6.45) is 4.10. The fraction of sp³-hybridized carbons (Fsp3) is 0.909. The van der Waals surface area contributed by atoms with E-state index in [9.17, 15) is 0 Å². The Labute approximate surface area is 97.6 Å². The minimum atomic E-state index is 0.719. The first-order valence-corrected chi connectivity index (χ1v) is 6.35. The molecule has 0 bridgehead atoms. The summed E-state index contributed by atoms with van der Waals surface area (Å²) >= 11 is 5.06. The zero-order valence-corrected chi connectivity index (χ0v) is 10.4. The van der Waals surface area contributed by atoms with Gasteiger partial charge in [0.1, 0.15) is 0 Å². The molecule has 0 aromatic carbocycles. The summed E-state index contributed by atoms with van der Waals surface area (Å²) in [7, 11) is 0. The summed E-state index contributed by atoms with van der Waals surface area (Å²) in [5.41, 5.74) is 0. The molecule has 1 saturated carbocycles. The molecule has 1 heterocycles. The molecule has 0 aromatic heterocycles. The van der Waals surface area contributed by atoms with Crippen LogP contribution < -0.4 is 10.6 Å². The molecule has 3 nitrogen and oxygen atoms in total. The predicted octanol–water partition coefficient (Wildman–Crippen LogP) is 1.51. The number of rotatable bonds is 1. The fourth-order valence-electron chi connectivity index (χ4n) is 2.77. The molecule has 1 aliphatic heterocycles. The first kappa shape index (κ1) is 11.1. The van der Waals surface area contributed by atoms with Gasteiger partial charge < -0.3 is 10.6 Å². The van der Waals surface area contributed by atoms with Crippen molar-refractivity contribution in [3.8, 4) is 0 Å². The Morgan fingerprint density at radius 1 is 1.20 bits per heavy atom. The van der Waals surface area contributed by atoms with Crippen LogP contribution in [0.5, 0.6) is 0 Å². The van der Waals surface area contributed by atoms with Crippen LogP contribution in [0.15, 0.2) is 0 Å². The molecule has 3 atom stereocenters. The van der Waals surface area contributed by atoms with Crippen LogP contribution in [0.25, 0.3) is 0 Å². The van der Waals surface area contributed by atoms with Gasteiger partial charge in [-0.05, 0) is 30.5 Å². The molecule has 0 aromatic rings. The van der Waals surface area contributed by atoms with E-state index in [1.807, 2.05) is 0 Å². The van der Waals surface area contributed by atoms with Crippen LogP contribution in [0.3, 0.4) is 0 Å². The van der Waals surface area contributed by atoms with E-state index < -0.39 is 0 Å². The molecule has 0 unspecified atom stereocenters. The molecule has 2 rings (SSSR count). The first-order valence-electron chi connectivity index (χ1n) is 5.94. The van der Waals surface area contributed by atoms with Gasteiger partial charge in [0.2, 0.25) is 0 Å². The van der Waals surface area contributed by atoms with E-state index in [1.165, 1.54) is 19.3 Å². The van der Waals surface area contributed by atoms with Gasteiger partial charge in [0.25, 0.3) is 0 Å². The number of hydrogen-bond acceptors (Lipinski definition) is 2. The van der Waals surface area contributed by atoms with E-state index in [0.717, 1.165) is 36.3 Å². The molecule has 2 fully saturated rings. The van der Waals surface area contributed by atoms with Crippen molar-refractivity contribution >= 4 is 17.3 Å². The Hall–Kier alpha value is -0.350. The van der Waals surface area contributed by atoms with E-state index in [-0.39, 0.29) is 0 Å². The van der Waals surface area contributed by atoms with E-state index >= 15 is 0 Å². The summed E-state index contributed by atoms with van der Waals surface area (Å²) in [4.78, 5) is 2.48. The average molecular weight is 227 g/mol. The molecule has 86 valence electrons. The van der Waals surface area contributed by atoms with Gasteiger partial charge in [-0.2, -0.15) is 0 Å². The standard InChI is InChI=1S/C11H21N3S/c1-8-4-3-5-10(9(8)2)14-6-12-11(15)13-7-14/h8-10H,3-7H2,1-2H3,(H2,12,13,15)/t8-,9+,10+/m1/s1. The maximum atomic E-state index is 5.06. The number of thiocarbonyl (C=S) groups is 1. The molecular weight excluding hydrogens is 206 g/mol. The summed E-state index contributed by atoms with van der Waals surface area (Å²) in [5.74, 6) is 1.66. The second-order valence-corrected chi connectivity index (χ2v) is 5.33. The molecule has 1 aliphatic carbocycles. The van der Waals surface area contributed by atoms with Crippen molar-refractivity contribution in [3.63, 3.8) is 0 Å². The maximum Gasteiger partial charge on any atom is 0.168 e. The van der Waals surface area contributed by atoms with Crippen molar-refractivity contribution in [2.45, 2.75) is 39.2 Å². The fourth-order valence-corrected chi connectivity index (χ4v) is 2.90. The Bertz CT molecular complexity index is 234. The molecular formula is C11H21N3S. The van der Waals surface area contributed by atoms with Gasteiger partial charge in [-0.1, -0.05) is 26.7 Å². The Balaban J connectivity index is 1.94. The third-order valence-electron chi connectivity index (χ3n) is 4.02. The van der Waals surface area contributed by atoms with Gasteiger partial charge in [0, 0.05) is 6.04 Å². The molecule has 0 spiro atoms. The second-order valence-electron chi connectivity index (χ2n) is 4.92. The van der Waals surface area contributed by atoms with Gasteiger partial charge >= 0.3 is 0 Å². The van der Waals surface area contributed by atoms with Gasteiger partial charge in [0.05, 0.1) is 13.3 Å². The third kappa shape index (κ3) is 2.42. The lowest BCUT2D eigenvalue weighted by Gasteiger charge is -2.43. The zero-order chi connectivity index (χ0) is 10.8. The van der Waals surface area contributed by atoms with E-state index in [1.54, 1.807) is 0 Å². The summed E-state index contributed by atoms with van der Waals surface area (Å²) in [6.45, 7) is 6.59. The van der Waals surface area contributed by atoms with Crippen LogP contribution in [0.2, 0.25) is 0 Å². The molecule has 0 amide bonds. The largest absolute Gasteiger partial charge is 0.350 e.